The van der Waals surface area contributed by atoms with E-state index in [1.165, 1.54) is 48.2 Å². The number of piperidine rings is 3. The van der Waals surface area contributed by atoms with E-state index in [4.69, 9.17) is 9.47 Å². The molecule has 0 aliphatic carbocycles. The van der Waals surface area contributed by atoms with Crippen molar-refractivity contribution < 1.29 is 9.47 Å². The van der Waals surface area contributed by atoms with Crippen molar-refractivity contribution in [1.82, 2.24) is 9.80 Å². The van der Waals surface area contributed by atoms with Crippen LogP contribution in [-0.2, 0) is 6.54 Å². The van der Waals surface area contributed by atoms with Crippen LogP contribution in [0.15, 0.2) is 36.4 Å². The molecule has 4 heteroatoms. The Balaban J connectivity index is 1.35. The minimum Gasteiger partial charge on any atom is -0.454 e. The Hall–Kier alpha value is -2.04. The Morgan fingerprint density at radius 2 is 1.76 bits per heavy atom. The van der Waals surface area contributed by atoms with Crippen LogP contribution in [0, 0.1) is 19.8 Å². The first-order chi connectivity index (χ1) is 14.2. The Labute approximate surface area is 173 Å². The summed E-state index contributed by atoms with van der Waals surface area (Å²) >= 11 is 0. The predicted octanol–water partition coefficient (Wildman–Crippen LogP) is 4.09. The molecule has 2 bridgehead atoms. The summed E-state index contributed by atoms with van der Waals surface area (Å²) in [5.74, 6) is 3.20. The van der Waals surface area contributed by atoms with Crippen molar-refractivity contribution >= 4 is 0 Å². The molecule has 29 heavy (non-hydrogen) atoms. The van der Waals surface area contributed by atoms with Gasteiger partial charge in [-0.15, -0.1) is 0 Å². The third-order valence-corrected chi connectivity index (χ3v) is 7.80. The summed E-state index contributed by atoms with van der Waals surface area (Å²) in [6, 6.07) is 14.8. The van der Waals surface area contributed by atoms with E-state index in [0.717, 1.165) is 30.5 Å². The third-order valence-electron chi connectivity index (χ3n) is 7.80. The molecule has 4 saturated heterocycles. The van der Waals surface area contributed by atoms with E-state index >= 15 is 0 Å². The number of aryl methyl sites for hydroxylation is 2. The van der Waals surface area contributed by atoms with Crippen molar-refractivity contribution in [2.24, 2.45) is 5.92 Å². The van der Waals surface area contributed by atoms with Gasteiger partial charge in [0.25, 0.3) is 0 Å². The molecule has 2 aromatic rings. The van der Waals surface area contributed by atoms with Crippen molar-refractivity contribution in [3.63, 3.8) is 0 Å². The second-order valence-corrected chi connectivity index (χ2v) is 9.43. The molecule has 0 N–H and O–H groups in total. The van der Waals surface area contributed by atoms with Crippen molar-refractivity contribution in [2.45, 2.75) is 51.2 Å². The number of ether oxygens (including phenoxy) is 2. The molecule has 5 heterocycles. The molecule has 0 spiro atoms. The number of hydrogen-bond acceptors (Lipinski definition) is 4. The summed E-state index contributed by atoms with van der Waals surface area (Å²) in [4.78, 5) is 5.58. The highest BCUT2D eigenvalue weighted by Crippen LogP contribution is 2.48. The lowest BCUT2D eigenvalue weighted by Crippen LogP contribution is -2.60. The van der Waals surface area contributed by atoms with Gasteiger partial charge in [-0.2, -0.15) is 0 Å². The maximum atomic E-state index is 5.70. The smallest absolute Gasteiger partial charge is 0.231 e. The Bertz CT molecular complexity index is 934. The lowest BCUT2D eigenvalue weighted by Gasteiger charge is -2.51. The van der Waals surface area contributed by atoms with Crippen molar-refractivity contribution in [1.29, 1.82) is 0 Å². The maximum absolute atomic E-state index is 5.70. The minimum absolute atomic E-state index is 0.350. The largest absolute Gasteiger partial charge is 0.454 e. The van der Waals surface area contributed by atoms with Crippen LogP contribution in [0.3, 0.4) is 0 Å². The van der Waals surface area contributed by atoms with Crippen LogP contribution in [0.5, 0.6) is 11.5 Å². The van der Waals surface area contributed by atoms with Crippen LogP contribution in [0.4, 0.5) is 0 Å². The molecule has 152 valence electrons. The average molecular weight is 391 g/mol. The van der Waals surface area contributed by atoms with Crippen LogP contribution in [0.2, 0.25) is 0 Å². The first-order valence-electron chi connectivity index (χ1n) is 11.1. The number of likely N-dealkylation sites (tertiary alicyclic amines) is 1. The first kappa shape index (κ1) is 17.8. The van der Waals surface area contributed by atoms with Gasteiger partial charge >= 0.3 is 0 Å². The summed E-state index contributed by atoms with van der Waals surface area (Å²) < 4.78 is 11.3. The van der Waals surface area contributed by atoms with Gasteiger partial charge in [-0.3, -0.25) is 9.80 Å². The molecular weight excluding hydrogens is 360 g/mol. The number of hydrogen-bond donors (Lipinski definition) is 0. The van der Waals surface area contributed by atoms with Gasteiger partial charge in [-0.05, 0) is 74.5 Å². The fourth-order valence-electron chi connectivity index (χ4n) is 6.35. The molecule has 0 unspecified atom stereocenters. The fraction of sp³-hybridized carbons (Fsp3) is 0.520. The van der Waals surface area contributed by atoms with Crippen molar-refractivity contribution in [3.05, 3.63) is 58.7 Å². The number of rotatable bonds is 3. The third kappa shape index (κ3) is 2.88. The quantitative estimate of drug-likeness (QED) is 0.788. The zero-order valence-corrected chi connectivity index (χ0v) is 17.4. The van der Waals surface area contributed by atoms with Crippen LogP contribution >= 0.6 is 0 Å². The summed E-state index contributed by atoms with van der Waals surface area (Å²) in [5.41, 5.74) is 5.69. The fourth-order valence-corrected chi connectivity index (χ4v) is 6.35. The summed E-state index contributed by atoms with van der Waals surface area (Å²) in [5, 5.41) is 0. The molecule has 0 radical (unpaired) electrons. The van der Waals surface area contributed by atoms with Gasteiger partial charge in [0.1, 0.15) is 0 Å². The molecule has 4 nitrogen and oxygen atoms in total. The zero-order valence-electron chi connectivity index (χ0n) is 17.4. The molecule has 3 atom stereocenters. The van der Waals surface area contributed by atoms with E-state index in [-0.39, 0.29) is 0 Å². The standard InChI is InChI=1S/C25H30N2O2/c1-16-3-4-17(2)20(11-16)13-27-14-21(19-5-6-22-23(12-19)29-15-28-22)25-24(27)18-7-9-26(25)10-8-18/h3-6,11-12,18,21,24-25H,7-10,13-15H2,1-2H3/t21-,24+,25+/m0/s1. The van der Waals surface area contributed by atoms with E-state index in [1.54, 1.807) is 0 Å². The van der Waals surface area contributed by atoms with Gasteiger partial charge in [-0.25, -0.2) is 0 Å². The molecule has 2 aromatic carbocycles. The van der Waals surface area contributed by atoms with Crippen molar-refractivity contribution in [2.75, 3.05) is 26.4 Å². The van der Waals surface area contributed by atoms with E-state index in [9.17, 15) is 0 Å². The number of nitrogens with zero attached hydrogens (tertiary/aromatic N) is 2. The highest BCUT2D eigenvalue weighted by Gasteiger charge is 2.53. The van der Waals surface area contributed by atoms with Gasteiger partial charge < -0.3 is 9.47 Å². The monoisotopic (exact) mass is 390 g/mol. The molecule has 5 aliphatic heterocycles. The van der Waals surface area contributed by atoms with Crippen molar-refractivity contribution in [3.8, 4) is 11.5 Å². The van der Waals surface area contributed by atoms with Crippen LogP contribution in [0.25, 0.3) is 0 Å². The van der Waals surface area contributed by atoms with E-state index in [2.05, 4.69) is 60.0 Å². The molecule has 0 amide bonds. The zero-order chi connectivity index (χ0) is 19.5. The molecule has 7 rings (SSSR count). The van der Waals surface area contributed by atoms with Crippen LogP contribution < -0.4 is 9.47 Å². The molecular formula is C25H30N2O2. The second kappa shape index (κ2) is 6.75. The Morgan fingerprint density at radius 3 is 2.62 bits per heavy atom. The molecule has 5 aliphatic rings. The minimum atomic E-state index is 0.350. The summed E-state index contributed by atoms with van der Waals surface area (Å²) in [7, 11) is 0. The molecule has 4 fully saturated rings. The second-order valence-electron chi connectivity index (χ2n) is 9.43. The normalized spacial score (nSPS) is 32.6. The highest BCUT2D eigenvalue weighted by molar-refractivity contribution is 5.46. The van der Waals surface area contributed by atoms with Crippen LogP contribution in [-0.4, -0.2) is 48.3 Å². The molecule has 0 aromatic heterocycles. The first-order valence-corrected chi connectivity index (χ1v) is 11.1. The number of fused-ring (bicyclic) bond motifs is 3. The van der Waals surface area contributed by atoms with Gasteiger partial charge in [-0.1, -0.05) is 29.8 Å². The van der Waals surface area contributed by atoms with Gasteiger partial charge in [0, 0.05) is 31.1 Å². The van der Waals surface area contributed by atoms with Gasteiger partial charge in [0.05, 0.1) is 0 Å². The van der Waals surface area contributed by atoms with E-state index < -0.39 is 0 Å². The number of benzene rings is 2. The summed E-state index contributed by atoms with van der Waals surface area (Å²) in [6.45, 7) is 9.56. The van der Waals surface area contributed by atoms with E-state index in [0.29, 0.717) is 24.8 Å². The lowest BCUT2D eigenvalue weighted by molar-refractivity contribution is -0.00874. The Kier molecular flexibility index (Phi) is 4.14. The van der Waals surface area contributed by atoms with Gasteiger partial charge in [0.15, 0.2) is 11.5 Å². The highest BCUT2D eigenvalue weighted by atomic mass is 16.7. The topological polar surface area (TPSA) is 24.9 Å². The average Bonchev–Trinajstić information content (AvgIpc) is 3.37. The predicted molar refractivity (Wildman–Crippen MR) is 114 cm³/mol. The lowest BCUT2D eigenvalue weighted by atomic mass is 9.75. The Morgan fingerprint density at radius 1 is 0.931 bits per heavy atom. The SMILES string of the molecule is Cc1ccc(C)c(CN2C[C@@H](c3ccc4c(c3)OCO4)[C@@H]3[C@H]2C2CCN3CC2)c1. The van der Waals surface area contributed by atoms with Crippen LogP contribution in [0.1, 0.15) is 41.0 Å². The van der Waals surface area contributed by atoms with Gasteiger partial charge in [0.2, 0.25) is 6.79 Å². The maximum Gasteiger partial charge on any atom is 0.231 e. The summed E-state index contributed by atoms with van der Waals surface area (Å²) in [6.07, 6.45) is 2.72. The van der Waals surface area contributed by atoms with E-state index in [1.807, 2.05) is 0 Å². The molecule has 0 saturated carbocycles.